The largest absolute Gasteiger partial charge is 0.337 e. The molecule has 4 nitrogen and oxygen atoms in total. The van der Waals surface area contributed by atoms with E-state index < -0.39 is 0 Å². The lowest BCUT2D eigenvalue weighted by molar-refractivity contribution is -0.128. The lowest BCUT2D eigenvalue weighted by Crippen LogP contribution is -2.27. The van der Waals surface area contributed by atoms with Gasteiger partial charge in [0, 0.05) is 25.6 Å². The molecule has 1 aromatic rings. The van der Waals surface area contributed by atoms with Crippen LogP contribution in [-0.2, 0) is 11.3 Å². The van der Waals surface area contributed by atoms with Gasteiger partial charge < -0.3 is 10.6 Å². The molecule has 1 fully saturated rings. The fourth-order valence-corrected chi connectivity index (χ4v) is 1.86. The van der Waals surface area contributed by atoms with Crippen molar-refractivity contribution < 1.29 is 4.79 Å². The van der Waals surface area contributed by atoms with Gasteiger partial charge in [-0.2, -0.15) is 5.26 Å². The Morgan fingerprint density at radius 1 is 1.44 bits per heavy atom. The monoisotopic (exact) mass is 215 g/mol. The number of nitriles is 1. The van der Waals surface area contributed by atoms with Crippen LogP contribution in [0.15, 0.2) is 24.3 Å². The van der Waals surface area contributed by atoms with Gasteiger partial charge in [-0.25, -0.2) is 0 Å². The maximum atomic E-state index is 11.5. The van der Waals surface area contributed by atoms with Crippen LogP contribution in [0.4, 0.5) is 0 Å². The predicted octanol–water partition coefficient (Wildman–Crippen LogP) is 0.618. The average molecular weight is 215 g/mol. The second-order valence-electron chi connectivity index (χ2n) is 4.05. The summed E-state index contributed by atoms with van der Waals surface area (Å²) in [7, 11) is 0. The Balaban J connectivity index is 2.04. The van der Waals surface area contributed by atoms with E-state index in [1.807, 2.05) is 12.1 Å². The molecule has 0 bridgehead atoms. The third-order valence-electron chi connectivity index (χ3n) is 2.70. The van der Waals surface area contributed by atoms with Gasteiger partial charge in [0.25, 0.3) is 0 Å². The molecule has 0 aromatic heterocycles. The number of nitrogens with zero attached hydrogens (tertiary/aromatic N) is 2. The van der Waals surface area contributed by atoms with Crippen molar-refractivity contribution in [3.05, 3.63) is 35.4 Å². The molecule has 0 unspecified atom stereocenters. The Morgan fingerprint density at radius 3 is 2.62 bits per heavy atom. The average Bonchev–Trinajstić information content (AvgIpc) is 2.59. The Bertz CT molecular complexity index is 433. The second kappa shape index (κ2) is 4.33. The highest BCUT2D eigenvalue weighted by Crippen LogP contribution is 2.14. The van der Waals surface area contributed by atoms with E-state index in [0.717, 1.165) is 5.56 Å². The number of nitrogens with two attached hydrogens (primary N) is 1. The summed E-state index contributed by atoms with van der Waals surface area (Å²) in [5.74, 6) is 0.108. The van der Waals surface area contributed by atoms with Gasteiger partial charge >= 0.3 is 0 Å². The van der Waals surface area contributed by atoms with Crippen molar-refractivity contribution >= 4 is 5.91 Å². The van der Waals surface area contributed by atoms with Crippen LogP contribution in [0.2, 0.25) is 0 Å². The van der Waals surface area contributed by atoms with E-state index in [4.69, 9.17) is 11.0 Å². The summed E-state index contributed by atoms with van der Waals surface area (Å²) in [5.41, 5.74) is 7.37. The molecule has 1 amide bonds. The molecule has 82 valence electrons. The van der Waals surface area contributed by atoms with Crippen LogP contribution in [0.3, 0.4) is 0 Å². The number of amides is 1. The fourth-order valence-electron chi connectivity index (χ4n) is 1.86. The van der Waals surface area contributed by atoms with E-state index in [-0.39, 0.29) is 11.9 Å². The van der Waals surface area contributed by atoms with Crippen molar-refractivity contribution in [3.8, 4) is 6.07 Å². The molecule has 1 aromatic carbocycles. The zero-order valence-corrected chi connectivity index (χ0v) is 8.89. The molecule has 1 saturated heterocycles. The number of carbonyl (C=O) groups is 1. The summed E-state index contributed by atoms with van der Waals surface area (Å²) < 4.78 is 0. The number of likely N-dealkylation sites (tertiary alicyclic amines) is 1. The maximum absolute atomic E-state index is 11.5. The lowest BCUT2D eigenvalue weighted by atomic mass is 10.1. The summed E-state index contributed by atoms with van der Waals surface area (Å²) in [5, 5.41) is 8.66. The van der Waals surface area contributed by atoms with Crippen molar-refractivity contribution in [3.63, 3.8) is 0 Å². The van der Waals surface area contributed by atoms with E-state index in [1.54, 1.807) is 17.0 Å². The Kier molecular flexibility index (Phi) is 2.88. The van der Waals surface area contributed by atoms with Crippen LogP contribution in [0.25, 0.3) is 0 Å². The molecule has 0 spiro atoms. The quantitative estimate of drug-likeness (QED) is 0.786. The van der Waals surface area contributed by atoms with Gasteiger partial charge in [-0.15, -0.1) is 0 Å². The third kappa shape index (κ3) is 2.20. The molecular formula is C12H13N3O. The first kappa shape index (κ1) is 10.7. The van der Waals surface area contributed by atoms with Gasteiger partial charge in [-0.3, -0.25) is 4.79 Å². The molecule has 16 heavy (non-hydrogen) atoms. The normalized spacial score (nSPS) is 19.9. The zero-order valence-electron chi connectivity index (χ0n) is 8.89. The molecule has 0 radical (unpaired) electrons. The van der Waals surface area contributed by atoms with Gasteiger partial charge in [0.1, 0.15) is 0 Å². The summed E-state index contributed by atoms with van der Waals surface area (Å²) in [4.78, 5) is 13.3. The number of hydrogen-bond acceptors (Lipinski definition) is 3. The molecule has 0 aliphatic carbocycles. The molecule has 1 aliphatic rings. The second-order valence-corrected chi connectivity index (χ2v) is 4.05. The third-order valence-corrected chi connectivity index (χ3v) is 2.70. The van der Waals surface area contributed by atoms with Crippen LogP contribution >= 0.6 is 0 Å². The maximum Gasteiger partial charge on any atom is 0.224 e. The Hall–Kier alpha value is -1.86. The summed E-state index contributed by atoms with van der Waals surface area (Å²) in [6.07, 6.45) is 0.441. The van der Waals surface area contributed by atoms with Crippen molar-refractivity contribution in [2.75, 3.05) is 6.54 Å². The minimum atomic E-state index is -0.0362. The minimum Gasteiger partial charge on any atom is -0.337 e. The van der Waals surface area contributed by atoms with Crippen LogP contribution in [-0.4, -0.2) is 23.4 Å². The van der Waals surface area contributed by atoms with Crippen molar-refractivity contribution in [1.82, 2.24) is 4.90 Å². The van der Waals surface area contributed by atoms with Crippen molar-refractivity contribution in [2.45, 2.75) is 19.0 Å². The van der Waals surface area contributed by atoms with Crippen molar-refractivity contribution in [1.29, 1.82) is 5.26 Å². The Morgan fingerprint density at radius 2 is 2.12 bits per heavy atom. The molecule has 4 heteroatoms. The first-order valence-electron chi connectivity index (χ1n) is 5.21. The predicted molar refractivity (Wildman–Crippen MR) is 59.2 cm³/mol. The molecular weight excluding hydrogens is 202 g/mol. The van der Waals surface area contributed by atoms with Crippen LogP contribution < -0.4 is 5.73 Å². The summed E-state index contributed by atoms with van der Waals surface area (Å²) >= 11 is 0. The number of rotatable bonds is 2. The van der Waals surface area contributed by atoms with Crippen LogP contribution in [0.1, 0.15) is 17.5 Å². The smallest absolute Gasteiger partial charge is 0.224 e. The standard InChI is InChI=1S/C12H13N3O/c13-6-9-1-3-10(4-2-9)7-15-8-11(14)5-12(15)16/h1-4,11H,5,7-8,14H2/t11-/m0/s1. The van der Waals surface area contributed by atoms with Crippen molar-refractivity contribution in [2.24, 2.45) is 5.73 Å². The topological polar surface area (TPSA) is 70.1 Å². The SMILES string of the molecule is N#Cc1ccc(CN2C[C@@H](N)CC2=O)cc1. The van der Waals surface area contributed by atoms with Gasteiger partial charge in [-0.1, -0.05) is 12.1 Å². The summed E-state index contributed by atoms with van der Waals surface area (Å²) in [6, 6.07) is 9.29. The summed E-state index contributed by atoms with van der Waals surface area (Å²) in [6.45, 7) is 1.21. The van der Waals surface area contributed by atoms with Gasteiger partial charge in [0.15, 0.2) is 0 Å². The van der Waals surface area contributed by atoms with E-state index in [9.17, 15) is 4.79 Å². The van der Waals surface area contributed by atoms with Crippen LogP contribution in [0.5, 0.6) is 0 Å². The molecule has 1 heterocycles. The van der Waals surface area contributed by atoms with E-state index in [2.05, 4.69) is 6.07 Å². The highest BCUT2D eigenvalue weighted by molar-refractivity contribution is 5.79. The first-order chi connectivity index (χ1) is 7.69. The highest BCUT2D eigenvalue weighted by Gasteiger charge is 2.26. The fraction of sp³-hybridized carbons (Fsp3) is 0.333. The molecule has 1 atom stereocenters. The number of hydrogen-bond donors (Lipinski definition) is 1. The van der Waals surface area contributed by atoms with E-state index in [0.29, 0.717) is 25.1 Å². The number of benzene rings is 1. The highest BCUT2D eigenvalue weighted by atomic mass is 16.2. The van der Waals surface area contributed by atoms with E-state index in [1.165, 1.54) is 0 Å². The first-order valence-corrected chi connectivity index (χ1v) is 5.21. The van der Waals surface area contributed by atoms with Crippen LogP contribution in [0, 0.1) is 11.3 Å². The van der Waals surface area contributed by atoms with E-state index >= 15 is 0 Å². The van der Waals surface area contributed by atoms with Gasteiger partial charge in [0.2, 0.25) is 5.91 Å². The molecule has 2 rings (SSSR count). The lowest BCUT2D eigenvalue weighted by Gasteiger charge is -2.15. The minimum absolute atomic E-state index is 0.0362. The van der Waals surface area contributed by atoms with Gasteiger partial charge in [0.05, 0.1) is 11.6 Å². The molecule has 1 aliphatic heterocycles. The molecule has 2 N–H and O–H groups in total. The molecule has 0 saturated carbocycles. The number of carbonyl (C=O) groups excluding carboxylic acids is 1. The zero-order chi connectivity index (χ0) is 11.5. The van der Waals surface area contributed by atoms with Gasteiger partial charge in [-0.05, 0) is 17.7 Å². The Labute approximate surface area is 94.3 Å².